The zero-order chi connectivity index (χ0) is 18.3. The molecule has 6 nitrogen and oxygen atoms in total. The molecule has 9 heteroatoms. The van der Waals surface area contributed by atoms with Crippen LogP contribution >= 0.6 is 0 Å². The summed E-state index contributed by atoms with van der Waals surface area (Å²) in [7, 11) is 0. The molecule has 0 aliphatic carbocycles. The SMILES string of the molecule is CC(C)[C@@H](NC(N)=O)C(=O)NCc1ccc(OCC(F)(F)F)cc1. The second-order valence-electron chi connectivity index (χ2n) is 5.50. The number of nitrogens with two attached hydrogens (primary N) is 1. The van der Waals surface area contributed by atoms with Crippen LogP contribution in [0.25, 0.3) is 0 Å². The van der Waals surface area contributed by atoms with E-state index >= 15 is 0 Å². The second-order valence-corrected chi connectivity index (χ2v) is 5.50. The van der Waals surface area contributed by atoms with Gasteiger partial charge in [0.25, 0.3) is 0 Å². The number of urea groups is 1. The van der Waals surface area contributed by atoms with Crippen LogP contribution in [0, 0.1) is 5.92 Å². The predicted octanol–water partition coefficient (Wildman–Crippen LogP) is 1.94. The fourth-order valence-electron chi connectivity index (χ4n) is 1.86. The van der Waals surface area contributed by atoms with E-state index in [2.05, 4.69) is 15.4 Å². The van der Waals surface area contributed by atoms with Crippen molar-refractivity contribution in [3.05, 3.63) is 29.8 Å². The average Bonchev–Trinajstić information content (AvgIpc) is 2.48. The van der Waals surface area contributed by atoms with Gasteiger partial charge in [0.1, 0.15) is 11.8 Å². The van der Waals surface area contributed by atoms with E-state index in [4.69, 9.17) is 5.73 Å². The Bertz CT molecular complexity index is 559. The Hall–Kier alpha value is -2.45. The standard InChI is InChI=1S/C15H20F3N3O3/c1-9(2)12(21-14(19)23)13(22)20-7-10-3-5-11(6-4-10)24-8-15(16,17)18/h3-6,9,12H,7-8H2,1-2H3,(H,20,22)(H3,19,21,23)/t12-/m1/s1. The molecule has 134 valence electrons. The van der Waals surface area contributed by atoms with Gasteiger partial charge in [0.15, 0.2) is 6.61 Å². The smallest absolute Gasteiger partial charge is 0.422 e. The number of carbonyl (C=O) groups is 2. The first kappa shape index (κ1) is 19.6. The number of nitrogens with one attached hydrogen (secondary N) is 2. The summed E-state index contributed by atoms with van der Waals surface area (Å²) in [5.74, 6) is -0.477. The molecule has 0 aliphatic rings. The number of hydrogen-bond donors (Lipinski definition) is 3. The molecule has 0 saturated heterocycles. The van der Waals surface area contributed by atoms with E-state index < -0.39 is 30.8 Å². The topological polar surface area (TPSA) is 93.5 Å². The lowest BCUT2D eigenvalue weighted by Gasteiger charge is -2.20. The van der Waals surface area contributed by atoms with Gasteiger partial charge in [-0.05, 0) is 23.6 Å². The molecule has 0 radical (unpaired) electrons. The molecule has 1 aromatic rings. The van der Waals surface area contributed by atoms with Gasteiger partial charge < -0.3 is 21.1 Å². The summed E-state index contributed by atoms with van der Waals surface area (Å²) in [4.78, 5) is 22.9. The van der Waals surface area contributed by atoms with E-state index in [1.807, 2.05) is 0 Å². The molecule has 24 heavy (non-hydrogen) atoms. The number of alkyl halides is 3. The number of benzene rings is 1. The Labute approximate surface area is 137 Å². The van der Waals surface area contributed by atoms with Gasteiger partial charge in [-0.25, -0.2) is 4.79 Å². The molecule has 0 fully saturated rings. The number of amides is 3. The Kier molecular flexibility index (Phi) is 6.87. The molecular formula is C15H20F3N3O3. The molecule has 3 amide bonds. The minimum absolute atomic E-state index is 0.0813. The normalized spacial score (nSPS) is 12.6. The average molecular weight is 347 g/mol. The van der Waals surface area contributed by atoms with Crippen LogP contribution in [0.5, 0.6) is 5.75 Å². The van der Waals surface area contributed by atoms with Crippen molar-refractivity contribution in [1.29, 1.82) is 0 Å². The van der Waals surface area contributed by atoms with Gasteiger partial charge >= 0.3 is 12.2 Å². The van der Waals surface area contributed by atoms with Crippen molar-refractivity contribution in [1.82, 2.24) is 10.6 Å². The fourth-order valence-corrected chi connectivity index (χ4v) is 1.86. The summed E-state index contributed by atoms with van der Waals surface area (Å²) < 4.78 is 40.7. The van der Waals surface area contributed by atoms with Gasteiger partial charge in [-0.3, -0.25) is 4.79 Å². The maximum absolute atomic E-state index is 12.1. The summed E-state index contributed by atoms with van der Waals surface area (Å²) in [6, 6.07) is 4.28. The molecule has 0 unspecified atom stereocenters. The summed E-state index contributed by atoms with van der Waals surface area (Å²) in [6.45, 7) is 2.31. The lowest BCUT2D eigenvalue weighted by atomic mass is 10.0. The van der Waals surface area contributed by atoms with Crippen LogP contribution in [0.3, 0.4) is 0 Å². The van der Waals surface area contributed by atoms with E-state index in [1.165, 1.54) is 24.3 Å². The molecule has 0 bridgehead atoms. The van der Waals surface area contributed by atoms with Crippen LogP contribution in [0.15, 0.2) is 24.3 Å². The molecule has 1 atom stereocenters. The van der Waals surface area contributed by atoms with Crippen molar-refractivity contribution in [2.75, 3.05) is 6.61 Å². The van der Waals surface area contributed by atoms with Crippen LogP contribution < -0.4 is 21.1 Å². The highest BCUT2D eigenvalue weighted by atomic mass is 19.4. The van der Waals surface area contributed by atoms with Crippen LogP contribution in [-0.4, -0.2) is 30.8 Å². The Morgan fingerprint density at radius 1 is 1.21 bits per heavy atom. The van der Waals surface area contributed by atoms with Crippen molar-refractivity contribution in [3.63, 3.8) is 0 Å². The third-order valence-electron chi connectivity index (χ3n) is 3.04. The Morgan fingerprint density at radius 2 is 1.79 bits per heavy atom. The van der Waals surface area contributed by atoms with E-state index in [-0.39, 0.29) is 18.2 Å². The van der Waals surface area contributed by atoms with Crippen LogP contribution in [0.2, 0.25) is 0 Å². The van der Waals surface area contributed by atoms with Crippen molar-refractivity contribution < 1.29 is 27.5 Å². The van der Waals surface area contributed by atoms with Crippen LogP contribution in [0.1, 0.15) is 19.4 Å². The van der Waals surface area contributed by atoms with Crippen LogP contribution in [-0.2, 0) is 11.3 Å². The van der Waals surface area contributed by atoms with E-state index in [9.17, 15) is 22.8 Å². The van der Waals surface area contributed by atoms with Crippen molar-refractivity contribution in [2.24, 2.45) is 11.7 Å². The van der Waals surface area contributed by atoms with E-state index in [1.54, 1.807) is 13.8 Å². The molecule has 4 N–H and O–H groups in total. The highest BCUT2D eigenvalue weighted by molar-refractivity contribution is 5.86. The minimum Gasteiger partial charge on any atom is -0.484 e. The van der Waals surface area contributed by atoms with Gasteiger partial charge in [-0.2, -0.15) is 13.2 Å². The van der Waals surface area contributed by atoms with Gasteiger partial charge in [0.05, 0.1) is 0 Å². The quantitative estimate of drug-likeness (QED) is 0.704. The maximum atomic E-state index is 12.1. The molecule has 1 aromatic carbocycles. The Morgan fingerprint density at radius 3 is 2.25 bits per heavy atom. The van der Waals surface area contributed by atoms with Crippen molar-refractivity contribution >= 4 is 11.9 Å². The summed E-state index contributed by atoms with van der Waals surface area (Å²) in [5.41, 5.74) is 5.70. The van der Waals surface area contributed by atoms with Crippen LogP contribution in [0.4, 0.5) is 18.0 Å². The highest BCUT2D eigenvalue weighted by Gasteiger charge is 2.28. The molecule has 0 saturated carbocycles. The van der Waals surface area contributed by atoms with E-state index in [0.717, 1.165) is 0 Å². The maximum Gasteiger partial charge on any atom is 0.422 e. The highest BCUT2D eigenvalue weighted by Crippen LogP contribution is 2.18. The van der Waals surface area contributed by atoms with Gasteiger partial charge in [-0.1, -0.05) is 26.0 Å². The number of halogens is 3. The van der Waals surface area contributed by atoms with Gasteiger partial charge in [-0.15, -0.1) is 0 Å². The minimum atomic E-state index is -4.40. The largest absolute Gasteiger partial charge is 0.484 e. The van der Waals surface area contributed by atoms with Crippen molar-refractivity contribution in [3.8, 4) is 5.75 Å². The number of carbonyl (C=O) groups excluding carboxylic acids is 2. The third-order valence-corrected chi connectivity index (χ3v) is 3.04. The molecular weight excluding hydrogens is 327 g/mol. The fraction of sp³-hybridized carbons (Fsp3) is 0.467. The zero-order valence-corrected chi connectivity index (χ0v) is 13.3. The van der Waals surface area contributed by atoms with Gasteiger partial charge in [0.2, 0.25) is 5.91 Å². The molecule has 0 aromatic heterocycles. The van der Waals surface area contributed by atoms with Crippen molar-refractivity contribution in [2.45, 2.75) is 32.6 Å². The first-order valence-electron chi connectivity index (χ1n) is 7.20. The Balaban J connectivity index is 2.54. The number of ether oxygens (including phenoxy) is 1. The first-order valence-corrected chi connectivity index (χ1v) is 7.20. The lowest BCUT2D eigenvalue weighted by Crippen LogP contribution is -2.51. The second kappa shape index (κ2) is 8.42. The summed E-state index contributed by atoms with van der Waals surface area (Å²) in [6.07, 6.45) is -4.40. The molecule has 0 heterocycles. The number of primary amides is 1. The van der Waals surface area contributed by atoms with E-state index in [0.29, 0.717) is 5.56 Å². The zero-order valence-electron chi connectivity index (χ0n) is 13.3. The number of rotatable bonds is 7. The third kappa shape index (κ3) is 7.21. The van der Waals surface area contributed by atoms with Gasteiger partial charge in [0, 0.05) is 6.54 Å². The molecule has 0 aliphatic heterocycles. The first-order chi connectivity index (χ1) is 11.1. The number of hydrogen-bond acceptors (Lipinski definition) is 3. The lowest BCUT2D eigenvalue weighted by molar-refractivity contribution is -0.153. The molecule has 0 spiro atoms. The predicted molar refractivity (Wildman–Crippen MR) is 81.2 cm³/mol. The monoisotopic (exact) mass is 347 g/mol. The molecule has 1 rings (SSSR count). The summed E-state index contributed by atoms with van der Waals surface area (Å²) in [5, 5.41) is 4.99. The summed E-state index contributed by atoms with van der Waals surface area (Å²) >= 11 is 0.